The van der Waals surface area contributed by atoms with E-state index in [0.29, 0.717) is 11.4 Å². The summed E-state index contributed by atoms with van der Waals surface area (Å²) in [6.45, 7) is 3.16. The molecular weight excluding hydrogens is 360 g/mol. The van der Waals surface area contributed by atoms with Gasteiger partial charge < -0.3 is 10.1 Å². The Morgan fingerprint density at radius 3 is 2.43 bits per heavy atom. The molecule has 28 heavy (non-hydrogen) atoms. The number of carbonyl (C=O) groups is 2. The van der Waals surface area contributed by atoms with Gasteiger partial charge in [-0.05, 0) is 38.1 Å². The predicted octanol–water partition coefficient (Wildman–Crippen LogP) is 2.06. The molecule has 3 rings (SSSR count). The molecule has 0 saturated carbocycles. The number of pyridine rings is 1. The number of benzene rings is 1. The van der Waals surface area contributed by atoms with Gasteiger partial charge in [-0.15, -0.1) is 0 Å². The molecule has 0 spiro atoms. The number of esters is 1. The number of hydrogen-bond acceptors (Lipinski definition) is 5. The normalized spacial score (nSPS) is 11.7. The Labute approximate surface area is 161 Å². The van der Waals surface area contributed by atoms with Gasteiger partial charge in [-0.2, -0.15) is 0 Å². The first-order valence-corrected chi connectivity index (χ1v) is 8.67. The van der Waals surface area contributed by atoms with Crippen LogP contribution in [0.1, 0.15) is 23.1 Å². The zero-order valence-corrected chi connectivity index (χ0v) is 15.7. The SMILES string of the molecule is Cc1c(NC(=O)[C@@H](C)OC(=O)c2ccccn2)c(=O)n(-c2ccccc2)n1C. The maximum Gasteiger partial charge on any atom is 0.357 e. The molecule has 0 aliphatic heterocycles. The minimum absolute atomic E-state index is 0.101. The first-order valence-electron chi connectivity index (χ1n) is 8.67. The van der Waals surface area contributed by atoms with Gasteiger partial charge in [0.05, 0.1) is 11.4 Å². The molecule has 1 N–H and O–H groups in total. The molecule has 8 heteroatoms. The number of ether oxygens (including phenoxy) is 1. The molecular formula is C20H20N4O4. The van der Waals surface area contributed by atoms with E-state index in [2.05, 4.69) is 10.3 Å². The van der Waals surface area contributed by atoms with Crippen molar-refractivity contribution in [1.29, 1.82) is 0 Å². The zero-order chi connectivity index (χ0) is 20.3. The number of hydrogen-bond donors (Lipinski definition) is 1. The lowest BCUT2D eigenvalue weighted by molar-refractivity contribution is -0.123. The van der Waals surface area contributed by atoms with Gasteiger partial charge in [0.1, 0.15) is 11.4 Å². The number of nitrogens with zero attached hydrogens (tertiary/aromatic N) is 3. The van der Waals surface area contributed by atoms with Crippen molar-refractivity contribution in [3.05, 3.63) is 76.5 Å². The number of amides is 1. The van der Waals surface area contributed by atoms with Crippen molar-refractivity contribution in [1.82, 2.24) is 14.3 Å². The standard InChI is InChI=1S/C20H20N4O4/c1-13-17(19(26)24(23(13)3)15-9-5-4-6-10-15)22-18(25)14(2)28-20(27)16-11-7-8-12-21-16/h4-12,14H,1-3H3,(H,22,25)/t14-/m1/s1. The molecule has 8 nitrogen and oxygen atoms in total. The average molecular weight is 380 g/mol. The van der Waals surface area contributed by atoms with Crippen molar-refractivity contribution in [2.24, 2.45) is 7.05 Å². The van der Waals surface area contributed by atoms with Crippen LogP contribution in [0.2, 0.25) is 0 Å². The van der Waals surface area contributed by atoms with Crippen LogP contribution >= 0.6 is 0 Å². The van der Waals surface area contributed by atoms with Crippen LogP contribution in [0.5, 0.6) is 0 Å². The molecule has 1 atom stereocenters. The zero-order valence-electron chi connectivity index (χ0n) is 15.7. The summed E-state index contributed by atoms with van der Waals surface area (Å²) in [4.78, 5) is 41.2. The lowest BCUT2D eigenvalue weighted by Crippen LogP contribution is -2.32. The number of aromatic nitrogens is 3. The second-order valence-corrected chi connectivity index (χ2v) is 6.19. The lowest BCUT2D eigenvalue weighted by atomic mass is 10.3. The first kappa shape index (κ1) is 19.1. The van der Waals surface area contributed by atoms with E-state index in [-0.39, 0.29) is 16.9 Å². The molecule has 1 amide bonds. The molecule has 144 valence electrons. The second kappa shape index (κ2) is 7.91. The van der Waals surface area contributed by atoms with E-state index in [4.69, 9.17) is 4.74 Å². The van der Waals surface area contributed by atoms with Gasteiger partial charge in [-0.25, -0.2) is 14.5 Å². The minimum atomic E-state index is -1.10. The third-order valence-electron chi connectivity index (χ3n) is 4.33. The number of para-hydroxylation sites is 1. The maximum atomic E-state index is 12.8. The van der Waals surface area contributed by atoms with E-state index >= 15 is 0 Å². The minimum Gasteiger partial charge on any atom is -0.448 e. The summed E-state index contributed by atoms with van der Waals surface area (Å²) in [5.74, 6) is -1.31. The maximum absolute atomic E-state index is 12.8. The Bertz CT molecular complexity index is 1060. The van der Waals surface area contributed by atoms with E-state index < -0.39 is 18.0 Å². The Morgan fingerprint density at radius 1 is 1.11 bits per heavy atom. The van der Waals surface area contributed by atoms with Crippen LogP contribution in [0.4, 0.5) is 5.69 Å². The van der Waals surface area contributed by atoms with Crippen molar-refractivity contribution in [2.45, 2.75) is 20.0 Å². The van der Waals surface area contributed by atoms with Gasteiger partial charge in [0.2, 0.25) is 0 Å². The van der Waals surface area contributed by atoms with Gasteiger partial charge >= 0.3 is 5.97 Å². The van der Waals surface area contributed by atoms with Gasteiger partial charge in [0.15, 0.2) is 6.10 Å². The fourth-order valence-corrected chi connectivity index (χ4v) is 2.70. The molecule has 0 aliphatic rings. The summed E-state index contributed by atoms with van der Waals surface area (Å²) < 4.78 is 8.25. The van der Waals surface area contributed by atoms with Gasteiger partial charge in [0, 0.05) is 13.2 Å². The highest BCUT2D eigenvalue weighted by atomic mass is 16.5. The molecule has 0 radical (unpaired) electrons. The van der Waals surface area contributed by atoms with Crippen LogP contribution in [-0.2, 0) is 16.6 Å². The fraction of sp³-hybridized carbons (Fsp3) is 0.200. The predicted molar refractivity (Wildman–Crippen MR) is 103 cm³/mol. The Kier molecular flexibility index (Phi) is 5.39. The summed E-state index contributed by atoms with van der Waals surface area (Å²) >= 11 is 0. The van der Waals surface area contributed by atoms with Crippen LogP contribution in [0.25, 0.3) is 5.69 Å². The highest BCUT2D eigenvalue weighted by Gasteiger charge is 2.23. The molecule has 1 aromatic carbocycles. The number of anilines is 1. The smallest absolute Gasteiger partial charge is 0.357 e. The summed E-state index contributed by atoms with van der Waals surface area (Å²) in [6, 6.07) is 13.9. The number of rotatable bonds is 5. The van der Waals surface area contributed by atoms with Crippen LogP contribution in [0.15, 0.2) is 59.5 Å². The molecule has 0 aliphatic carbocycles. The average Bonchev–Trinajstić information content (AvgIpc) is 2.92. The largest absolute Gasteiger partial charge is 0.448 e. The van der Waals surface area contributed by atoms with Crippen molar-refractivity contribution >= 4 is 17.6 Å². The van der Waals surface area contributed by atoms with Gasteiger partial charge in [0.25, 0.3) is 11.5 Å². The number of nitrogens with one attached hydrogen (secondary N) is 1. The third kappa shape index (κ3) is 3.71. The second-order valence-electron chi connectivity index (χ2n) is 6.19. The van der Waals surface area contributed by atoms with Crippen molar-refractivity contribution in [2.75, 3.05) is 5.32 Å². The van der Waals surface area contributed by atoms with Crippen LogP contribution in [-0.4, -0.2) is 32.3 Å². The van der Waals surface area contributed by atoms with Crippen molar-refractivity contribution in [3.63, 3.8) is 0 Å². The first-order chi connectivity index (χ1) is 13.4. The Hall–Kier alpha value is -3.68. The van der Waals surface area contributed by atoms with Gasteiger partial charge in [-0.3, -0.25) is 14.3 Å². The summed E-state index contributed by atoms with van der Waals surface area (Å²) in [5.41, 5.74) is 1.11. The molecule has 0 saturated heterocycles. The van der Waals surface area contributed by atoms with E-state index in [0.717, 1.165) is 0 Å². The quantitative estimate of drug-likeness (QED) is 0.684. The molecule has 0 fully saturated rings. The molecule has 0 bridgehead atoms. The summed E-state index contributed by atoms with van der Waals surface area (Å²) in [6.07, 6.45) is 0.361. The molecule has 3 aromatic rings. The van der Waals surface area contributed by atoms with Gasteiger partial charge in [-0.1, -0.05) is 24.3 Å². The van der Waals surface area contributed by atoms with E-state index in [1.807, 2.05) is 18.2 Å². The Balaban J connectivity index is 1.79. The monoisotopic (exact) mass is 380 g/mol. The van der Waals surface area contributed by atoms with Crippen LogP contribution in [0.3, 0.4) is 0 Å². The van der Waals surface area contributed by atoms with E-state index in [1.165, 1.54) is 23.9 Å². The Morgan fingerprint density at radius 2 is 1.79 bits per heavy atom. The van der Waals surface area contributed by atoms with E-state index in [1.54, 1.807) is 42.9 Å². The van der Waals surface area contributed by atoms with Crippen molar-refractivity contribution < 1.29 is 14.3 Å². The van der Waals surface area contributed by atoms with Crippen LogP contribution < -0.4 is 10.9 Å². The summed E-state index contributed by atoms with van der Waals surface area (Å²) in [5, 5.41) is 2.58. The molecule has 2 aromatic heterocycles. The molecule has 2 heterocycles. The van der Waals surface area contributed by atoms with Crippen LogP contribution in [0, 0.1) is 6.92 Å². The van der Waals surface area contributed by atoms with E-state index in [9.17, 15) is 14.4 Å². The lowest BCUT2D eigenvalue weighted by Gasteiger charge is -2.12. The topological polar surface area (TPSA) is 95.2 Å². The highest BCUT2D eigenvalue weighted by Crippen LogP contribution is 2.14. The summed E-state index contributed by atoms with van der Waals surface area (Å²) in [7, 11) is 1.73. The molecule has 0 unspecified atom stereocenters. The highest BCUT2D eigenvalue weighted by molar-refractivity contribution is 5.97. The fourth-order valence-electron chi connectivity index (χ4n) is 2.70. The third-order valence-corrected chi connectivity index (χ3v) is 4.33. The van der Waals surface area contributed by atoms with Crippen molar-refractivity contribution in [3.8, 4) is 5.69 Å². The number of carbonyl (C=O) groups excluding carboxylic acids is 2.